The van der Waals surface area contributed by atoms with Crippen LogP contribution in [0.1, 0.15) is 114 Å². The quantitative estimate of drug-likeness (QED) is 0.0254. The predicted molar refractivity (Wildman–Crippen MR) is 271 cm³/mol. The van der Waals surface area contributed by atoms with E-state index in [2.05, 4.69) is 26.8 Å². The van der Waals surface area contributed by atoms with Gasteiger partial charge in [-0.3, -0.25) is 4.79 Å². The van der Waals surface area contributed by atoms with Crippen LogP contribution in [0.15, 0.2) is 22.8 Å². The van der Waals surface area contributed by atoms with Crippen LogP contribution in [0, 0.1) is 50.2 Å². The average molecular weight is 1170 g/mol. The molecule has 0 radical (unpaired) electrons. The third kappa shape index (κ3) is 10.9. The second kappa shape index (κ2) is 24.4. The first-order chi connectivity index (χ1) is 37.3. The molecule has 5 aliphatic carbocycles. The number of carboxylic acids is 1. The van der Waals surface area contributed by atoms with E-state index in [1.54, 1.807) is 20.8 Å². The van der Waals surface area contributed by atoms with Gasteiger partial charge in [-0.1, -0.05) is 58.8 Å². The molecule has 25 heteroatoms. The predicted octanol–water partition coefficient (Wildman–Crippen LogP) is -5.26. The Morgan fingerprint density at radius 1 is 0.642 bits per heavy atom. The molecule has 24 nitrogen and oxygen atoms in total. The number of carbonyl (C=O) groups excluding carboxylic acids is 3. The molecule has 3 saturated heterocycles. The van der Waals surface area contributed by atoms with Crippen molar-refractivity contribution >= 4 is 17.9 Å². The Bertz CT molecular complexity index is 2350. The van der Waals surface area contributed by atoms with Gasteiger partial charge in [-0.2, -0.15) is 0 Å². The molecule has 4 saturated carbocycles. The maximum absolute atomic E-state index is 13.6. The summed E-state index contributed by atoms with van der Waals surface area (Å²) in [7, 11) is 0. The first-order valence-electron chi connectivity index (χ1n) is 28.0. The van der Waals surface area contributed by atoms with Crippen LogP contribution in [0.2, 0.25) is 0 Å². The molecule has 81 heavy (non-hydrogen) atoms. The number of carbonyl (C=O) groups is 3. The van der Waals surface area contributed by atoms with Crippen molar-refractivity contribution in [2.45, 2.75) is 231 Å². The molecule has 0 aromatic rings. The third-order valence-corrected chi connectivity index (χ3v) is 21.3. The number of esters is 2. The molecule has 0 amide bonds. The summed E-state index contributed by atoms with van der Waals surface area (Å²) in [6, 6.07) is 0. The molecule has 456 valence electrons. The van der Waals surface area contributed by atoms with E-state index in [9.17, 15) is 80.8 Å². The number of carboxylic acid groups (broad SMARTS) is 1. The van der Waals surface area contributed by atoms with E-state index in [0.29, 0.717) is 37.7 Å². The first-order valence-corrected chi connectivity index (χ1v) is 28.0. The molecule has 27 atom stereocenters. The van der Waals surface area contributed by atoms with E-state index in [-0.39, 0.29) is 54.2 Å². The molecule has 6 unspecified atom stereocenters. The van der Waals surface area contributed by atoms with E-state index in [4.69, 9.17) is 37.9 Å². The number of hydrogen-bond donors (Lipinski definition) is 12. The molecule has 0 bridgehead atoms. The van der Waals surface area contributed by atoms with Crippen LogP contribution in [0.25, 0.3) is 0 Å². The summed E-state index contributed by atoms with van der Waals surface area (Å²) in [4.78, 5) is 39.7. The molecule has 0 aromatic carbocycles. The molecule has 7 fully saturated rings. The van der Waals surface area contributed by atoms with Crippen LogP contribution in [0.5, 0.6) is 0 Å². The van der Waals surface area contributed by atoms with Crippen LogP contribution < -0.4 is 34.7 Å². The fraction of sp³-hybridized carbons (Fsp3) is 0.875. The number of ether oxygens (including phenoxy) is 8. The number of aliphatic hydroxyl groups is 12. The summed E-state index contributed by atoms with van der Waals surface area (Å²) in [5.74, 6) is -4.15. The van der Waals surface area contributed by atoms with Crippen molar-refractivity contribution in [1.82, 2.24) is 0 Å². The van der Waals surface area contributed by atoms with E-state index >= 15 is 0 Å². The van der Waals surface area contributed by atoms with Crippen molar-refractivity contribution < 1.29 is 148 Å². The third-order valence-electron chi connectivity index (χ3n) is 21.3. The summed E-state index contributed by atoms with van der Waals surface area (Å²) in [5.41, 5.74) is -3.07. The van der Waals surface area contributed by atoms with Gasteiger partial charge >= 0.3 is 41.5 Å². The summed E-state index contributed by atoms with van der Waals surface area (Å²) in [6.07, 6.45) is -28.7. The zero-order valence-electron chi connectivity index (χ0n) is 48.3. The van der Waals surface area contributed by atoms with Crippen molar-refractivity contribution in [2.75, 3.05) is 26.4 Å². The SMILES string of the molecule is CC(=O)O[C@H]1C(OC(=O)C(C)=C(C)C)C(C)(C)CC2C3=CC[C@@H]4C5(C)CCC(O[C@@H]6O[C@H](C(=O)[O-])[C@@H](O[C@@H]7O[C@H](CO)[C@@H](O)[C@H](O)[C@H]7O)[C@H](O)[C@H]6O[C@@H]6O[C@H](CO)[C@@H](O)[C@H](O)[C@H]6O)[C@](C)(CO)[C@@H]5CCC4(C)[C@]3(C)C[C@@H](O)C21CO.[Na+]. The molecular weight excluding hydrogens is 1080 g/mol. The van der Waals surface area contributed by atoms with Gasteiger partial charge in [0.2, 0.25) is 0 Å². The van der Waals surface area contributed by atoms with Crippen LogP contribution in [0.3, 0.4) is 0 Å². The van der Waals surface area contributed by atoms with E-state index in [1.165, 1.54) is 6.92 Å². The Balaban J connectivity index is 0.00000946. The van der Waals surface area contributed by atoms with Gasteiger partial charge in [0, 0.05) is 23.3 Å². The van der Waals surface area contributed by atoms with Gasteiger partial charge in [0.15, 0.2) is 18.9 Å². The van der Waals surface area contributed by atoms with Crippen LogP contribution in [-0.4, -0.2) is 222 Å². The molecular formula is C56H87NaO24. The van der Waals surface area contributed by atoms with Crippen LogP contribution in [-0.2, 0) is 52.3 Å². The van der Waals surface area contributed by atoms with E-state index in [1.807, 2.05) is 20.8 Å². The maximum atomic E-state index is 13.6. The summed E-state index contributed by atoms with van der Waals surface area (Å²) < 4.78 is 48.1. The standard InChI is InChI=1S/C56H88O24.Na/c1-23(2)24(3)47(72)80-44-45(73-25(4)61)56(22-60)27(17-51(44,5)6)26-11-12-31-52(7)15-14-33(53(8,21-59)30(52)13-16-54(31,9)55(26,10)18-32(56)62)76-50-42(78-49-39(68)37(66)35(64)29(20-58)75-49)40(69)41(43(79-50)46(70)71)77-48-38(67)36(65)34(63)28(19-57)74-48;/h11,27-45,48-50,57-60,62-69H,12-22H2,1-10H3,(H,70,71);/q;+1/p-1/t27?,28-,29-,30-,31-,32-,33?,34-,35-,36+,37+,38-,39-,40+,41+,42-,43+,44?,45+,48+,49+,50-,52?,53-,54?,55-,56?;/m1./s1. The molecule has 8 rings (SSSR count). The van der Waals surface area contributed by atoms with Crippen LogP contribution >= 0.6 is 0 Å². The van der Waals surface area contributed by atoms with Gasteiger partial charge in [0.05, 0.1) is 50.0 Å². The van der Waals surface area contributed by atoms with Crippen molar-refractivity contribution in [2.24, 2.45) is 50.2 Å². The maximum Gasteiger partial charge on any atom is 1.00 e. The van der Waals surface area contributed by atoms with Gasteiger partial charge in [0.25, 0.3) is 0 Å². The van der Waals surface area contributed by atoms with Crippen molar-refractivity contribution in [3.63, 3.8) is 0 Å². The van der Waals surface area contributed by atoms with Crippen molar-refractivity contribution in [1.29, 1.82) is 0 Å². The minimum absolute atomic E-state index is 0. The Hall–Kier alpha value is -1.83. The van der Waals surface area contributed by atoms with Crippen molar-refractivity contribution in [3.8, 4) is 0 Å². The number of allylic oxidation sites excluding steroid dienone is 3. The number of fused-ring (bicyclic) bond motifs is 7. The second-order valence-corrected chi connectivity index (χ2v) is 26.2. The normalized spacial score (nSPS) is 49.2. The number of hydrogen-bond acceptors (Lipinski definition) is 24. The van der Waals surface area contributed by atoms with Gasteiger partial charge in [-0.05, 0) is 99.7 Å². The molecule has 3 aliphatic heterocycles. The van der Waals surface area contributed by atoms with Gasteiger partial charge in [-0.25, -0.2) is 4.79 Å². The largest absolute Gasteiger partial charge is 1.00 e. The Morgan fingerprint density at radius 3 is 1.72 bits per heavy atom. The first kappa shape index (κ1) is 66.7. The van der Waals surface area contributed by atoms with Crippen LogP contribution in [0.4, 0.5) is 0 Å². The number of aliphatic hydroxyl groups excluding tert-OH is 12. The Labute approximate surface area is 494 Å². The molecule has 12 N–H and O–H groups in total. The Morgan fingerprint density at radius 2 is 1.21 bits per heavy atom. The summed E-state index contributed by atoms with van der Waals surface area (Å²) in [6.45, 7) is 16.0. The zero-order chi connectivity index (χ0) is 59.3. The molecule has 0 spiro atoms. The molecule has 3 heterocycles. The average Bonchev–Trinajstić information content (AvgIpc) is 3.22. The fourth-order valence-electron chi connectivity index (χ4n) is 16.3. The van der Waals surface area contributed by atoms with Gasteiger partial charge in [0.1, 0.15) is 85.5 Å². The van der Waals surface area contributed by atoms with Crippen molar-refractivity contribution in [3.05, 3.63) is 22.8 Å². The van der Waals surface area contributed by atoms with Gasteiger partial charge in [-0.15, -0.1) is 0 Å². The zero-order valence-corrected chi connectivity index (χ0v) is 50.3. The Kier molecular flexibility index (Phi) is 20.1. The van der Waals surface area contributed by atoms with E-state index in [0.717, 1.165) is 11.1 Å². The summed E-state index contributed by atoms with van der Waals surface area (Å²) in [5, 5.41) is 145. The minimum Gasteiger partial charge on any atom is -0.547 e. The monoisotopic (exact) mass is 1170 g/mol. The minimum atomic E-state index is -2.27. The van der Waals surface area contributed by atoms with Gasteiger partial charge < -0.3 is 109 Å². The fourth-order valence-corrected chi connectivity index (χ4v) is 16.3. The summed E-state index contributed by atoms with van der Waals surface area (Å²) >= 11 is 0. The smallest absolute Gasteiger partial charge is 0.547 e. The molecule has 8 aliphatic rings. The topological polar surface area (TPSA) is 391 Å². The van der Waals surface area contributed by atoms with E-state index < -0.39 is 199 Å². The second-order valence-electron chi connectivity index (χ2n) is 26.2. The number of rotatable bonds is 14. The molecule has 0 aromatic heterocycles. The number of aliphatic carboxylic acids is 1.